The first-order valence-corrected chi connectivity index (χ1v) is 10.0. The lowest BCUT2D eigenvalue weighted by Gasteiger charge is -2.16. The molecule has 2 aromatic carbocycles. The molecule has 6 nitrogen and oxygen atoms in total. The highest BCUT2D eigenvalue weighted by molar-refractivity contribution is 5.79. The summed E-state index contributed by atoms with van der Waals surface area (Å²) in [5.41, 5.74) is 3.41. The number of methoxy groups -OCH3 is 2. The maximum atomic E-state index is 6.06. The fourth-order valence-corrected chi connectivity index (χ4v) is 3.01. The van der Waals surface area contributed by atoms with Crippen molar-refractivity contribution in [2.45, 2.75) is 32.9 Å². The maximum absolute atomic E-state index is 6.06. The van der Waals surface area contributed by atoms with Crippen LogP contribution in [0.2, 0.25) is 0 Å². The lowest BCUT2D eigenvalue weighted by Crippen LogP contribution is -2.36. The molecule has 0 amide bonds. The Balaban J connectivity index is 1.56. The number of guanidine groups is 1. The predicted molar refractivity (Wildman–Crippen MR) is 116 cm³/mol. The van der Waals surface area contributed by atoms with Gasteiger partial charge in [-0.1, -0.05) is 18.2 Å². The molecule has 0 saturated heterocycles. The van der Waals surface area contributed by atoms with Gasteiger partial charge in [-0.25, -0.2) is 0 Å². The zero-order chi connectivity index (χ0) is 20.6. The number of aryl methyl sites for hydroxylation is 1. The minimum absolute atomic E-state index is 0.624. The molecule has 0 atom stereocenters. The van der Waals surface area contributed by atoms with Crippen LogP contribution in [-0.4, -0.2) is 33.8 Å². The third-order valence-corrected chi connectivity index (χ3v) is 4.97. The highest BCUT2D eigenvalue weighted by Gasteiger charge is 2.22. The van der Waals surface area contributed by atoms with E-state index >= 15 is 0 Å². The van der Waals surface area contributed by atoms with Crippen LogP contribution in [-0.2, 0) is 13.1 Å². The Morgan fingerprint density at radius 2 is 1.72 bits per heavy atom. The number of ether oxygens (including phenoxy) is 3. The van der Waals surface area contributed by atoms with Crippen molar-refractivity contribution in [1.82, 2.24) is 10.6 Å². The summed E-state index contributed by atoms with van der Waals surface area (Å²) in [5.74, 6) is 3.85. The second-order valence-electron chi connectivity index (χ2n) is 7.33. The summed E-state index contributed by atoms with van der Waals surface area (Å²) in [6.07, 6.45) is 2.57. The van der Waals surface area contributed by atoms with Gasteiger partial charge in [0, 0.05) is 25.7 Å². The van der Waals surface area contributed by atoms with Gasteiger partial charge in [0.15, 0.2) is 17.5 Å². The molecule has 0 radical (unpaired) electrons. The molecular formula is C23H31N3O3. The van der Waals surface area contributed by atoms with Crippen molar-refractivity contribution >= 4 is 5.96 Å². The van der Waals surface area contributed by atoms with E-state index in [1.807, 2.05) is 18.2 Å². The number of hydrogen-bond acceptors (Lipinski definition) is 4. The van der Waals surface area contributed by atoms with Crippen molar-refractivity contribution in [3.63, 3.8) is 0 Å². The van der Waals surface area contributed by atoms with Crippen molar-refractivity contribution in [1.29, 1.82) is 0 Å². The smallest absolute Gasteiger partial charge is 0.191 e. The molecular weight excluding hydrogens is 366 g/mol. The van der Waals surface area contributed by atoms with Crippen molar-refractivity contribution in [3.8, 4) is 17.2 Å². The summed E-state index contributed by atoms with van der Waals surface area (Å²) in [5, 5.41) is 6.71. The summed E-state index contributed by atoms with van der Waals surface area (Å²) < 4.78 is 16.7. The second-order valence-corrected chi connectivity index (χ2v) is 7.33. The SMILES string of the molecule is CN=C(NCc1ccc(OC)c(OC)c1)NCc1ccc(C)cc1OCC1CC1. The molecule has 156 valence electrons. The predicted octanol–water partition coefficient (Wildman–Crippen LogP) is 3.67. The fraction of sp³-hybridized carbons (Fsp3) is 0.435. The van der Waals surface area contributed by atoms with Crippen LogP contribution in [0.15, 0.2) is 41.4 Å². The summed E-state index contributed by atoms with van der Waals surface area (Å²) in [6.45, 7) is 4.17. The van der Waals surface area contributed by atoms with Gasteiger partial charge in [0.25, 0.3) is 0 Å². The molecule has 0 heterocycles. The first-order valence-electron chi connectivity index (χ1n) is 10.0. The topological polar surface area (TPSA) is 64.1 Å². The highest BCUT2D eigenvalue weighted by Crippen LogP contribution is 2.31. The van der Waals surface area contributed by atoms with Crippen LogP contribution >= 0.6 is 0 Å². The first kappa shape index (κ1) is 20.8. The molecule has 3 rings (SSSR count). The Morgan fingerprint density at radius 1 is 0.966 bits per heavy atom. The molecule has 6 heteroatoms. The Morgan fingerprint density at radius 3 is 2.41 bits per heavy atom. The third-order valence-electron chi connectivity index (χ3n) is 4.97. The van der Waals surface area contributed by atoms with E-state index in [1.165, 1.54) is 18.4 Å². The minimum atomic E-state index is 0.624. The zero-order valence-corrected chi connectivity index (χ0v) is 17.7. The molecule has 0 bridgehead atoms. The van der Waals surface area contributed by atoms with E-state index in [2.05, 4.69) is 40.7 Å². The van der Waals surface area contributed by atoms with Gasteiger partial charge in [0.2, 0.25) is 0 Å². The molecule has 1 fully saturated rings. The molecule has 0 unspecified atom stereocenters. The number of nitrogens with one attached hydrogen (secondary N) is 2. The van der Waals surface area contributed by atoms with Gasteiger partial charge in [-0.05, 0) is 55.0 Å². The average molecular weight is 398 g/mol. The van der Waals surface area contributed by atoms with E-state index in [4.69, 9.17) is 14.2 Å². The molecule has 0 aromatic heterocycles. The van der Waals surface area contributed by atoms with Gasteiger partial charge in [0.05, 0.1) is 20.8 Å². The third kappa shape index (κ3) is 6.04. The van der Waals surface area contributed by atoms with Crippen LogP contribution in [0.5, 0.6) is 17.2 Å². The summed E-state index contributed by atoms with van der Waals surface area (Å²) in [7, 11) is 5.04. The largest absolute Gasteiger partial charge is 0.493 e. The zero-order valence-electron chi connectivity index (χ0n) is 17.7. The maximum Gasteiger partial charge on any atom is 0.191 e. The van der Waals surface area contributed by atoms with Crippen LogP contribution in [0.4, 0.5) is 0 Å². The van der Waals surface area contributed by atoms with Gasteiger partial charge in [-0.2, -0.15) is 0 Å². The summed E-state index contributed by atoms with van der Waals surface area (Å²) in [6, 6.07) is 12.2. The number of nitrogens with zero attached hydrogens (tertiary/aromatic N) is 1. The first-order chi connectivity index (χ1) is 14.1. The van der Waals surface area contributed by atoms with Gasteiger partial charge >= 0.3 is 0 Å². The van der Waals surface area contributed by atoms with Crippen LogP contribution in [0.1, 0.15) is 29.5 Å². The Bertz CT molecular complexity index is 847. The normalized spacial score (nSPS) is 13.7. The minimum Gasteiger partial charge on any atom is -0.493 e. The standard InChI is InChI=1S/C23H31N3O3/c1-16-5-9-19(21(11-16)29-15-17-6-7-17)14-26-23(24-2)25-13-18-8-10-20(27-3)22(12-18)28-4/h5,8-12,17H,6-7,13-15H2,1-4H3,(H2,24,25,26). The molecule has 1 aliphatic rings. The van der Waals surface area contributed by atoms with E-state index in [-0.39, 0.29) is 0 Å². The number of aliphatic imine (C=N–C) groups is 1. The van der Waals surface area contributed by atoms with Crippen LogP contribution < -0.4 is 24.8 Å². The molecule has 0 aliphatic heterocycles. The average Bonchev–Trinajstić information content (AvgIpc) is 3.57. The quantitative estimate of drug-likeness (QED) is 0.499. The van der Waals surface area contributed by atoms with Crippen molar-refractivity contribution in [2.75, 3.05) is 27.9 Å². The van der Waals surface area contributed by atoms with Crippen LogP contribution in [0.3, 0.4) is 0 Å². The fourth-order valence-electron chi connectivity index (χ4n) is 3.01. The number of benzene rings is 2. The van der Waals surface area contributed by atoms with Crippen molar-refractivity contribution < 1.29 is 14.2 Å². The molecule has 1 saturated carbocycles. The highest BCUT2D eigenvalue weighted by atomic mass is 16.5. The molecule has 2 aromatic rings. The number of rotatable bonds is 9. The monoisotopic (exact) mass is 397 g/mol. The molecule has 29 heavy (non-hydrogen) atoms. The Hall–Kier alpha value is -2.89. The lowest BCUT2D eigenvalue weighted by molar-refractivity contribution is 0.296. The van der Waals surface area contributed by atoms with Crippen molar-refractivity contribution in [2.24, 2.45) is 10.9 Å². The van der Waals surface area contributed by atoms with Gasteiger partial charge < -0.3 is 24.8 Å². The Kier molecular flexibility index (Phi) is 7.22. The lowest BCUT2D eigenvalue weighted by atomic mass is 10.1. The van der Waals surface area contributed by atoms with E-state index in [0.29, 0.717) is 18.8 Å². The molecule has 2 N–H and O–H groups in total. The van der Waals surface area contributed by atoms with E-state index < -0.39 is 0 Å². The van der Waals surface area contributed by atoms with E-state index in [1.54, 1.807) is 21.3 Å². The van der Waals surface area contributed by atoms with E-state index in [0.717, 1.165) is 41.1 Å². The van der Waals surface area contributed by atoms with Crippen molar-refractivity contribution in [3.05, 3.63) is 53.1 Å². The van der Waals surface area contributed by atoms with Crippen LogP contribution in [0, 0.1) is 12.8 Å². The second kappa shape index (κ2) is 10.0. The molecule has 0 spiro atoms. The van der Waals surface area contributed by atoms with Gasteiger partial charge in [-0.3, -0.25) is 4.99 Å². The van der Waals surface area contributed by atoms with Gasteiger partial charge in [0.1, 0.15) is 5.75 Å². The number of hydrogen-bond donors (Lipinski definition) is 2. The van der Waals surface area contributed by atoms with Gasteiger partial charge in [-0.15, -0.1) is 0 Å². The molecule has 1 aliphatic carbocycles. The van der Waals surface area contributed by atoms with Crippen LogP contribution in [0.25, 0.3) is 0 Å². The van der Waals surface area contributed by atoms with E-state index in [9.17, 15) is 0 Å². The Labute approximate surface area is 173 Å². The summed E-state index contributed by atoms with van der Waals surface area (Å²) in [4.78, 5) is 4.32. The summed E-state index contributed by atoms with van der Waals surface area (Å²) >= 11 is 0.